The minimum atomic E-state index is 0. The summed E-state index contributed by atoms with van der Waals surface area (Å²) < 4.78 is 4.90. The van der Waals surface area contributed by atoms with Crippen LogP contribution >= 0.6 is 0 Å². The number of benzene rings is 1. The first kappa shape index (κ1) is 15.6. The number of rotatable bonds is 3. The molecule has 0 unspecified atom stereocenters. The molecule has 0 N–H and O–H groups in total. The van der Waals surface area contributed by atoms with Crippen LogP contribution in [0.15, 0.2) is 30.3 Å². The smallest absolute Gasteiger partial charge is 1.00 e. The molecule has 0 saturated heterocycles. The Morgan fingerprint density at radius 3 is 2.31 bits per heavy atom. The zero-order valence-corrected chi connectivity index (χ0v) is 10.7. The summed E-state index contributed by atoms with van der Waals surface area (Å²) in [5.41, 5.74) is 1.81. The molecule has 3 heteroatoms. The molecule has 0 aliphatic heterocycles. The maximum absolute atomic E-state index is 5.70. The topological polar surface area (TPSA) is 9.23 Å². The quantitative estimate of drug-likeness (QED) is 0.483. The molecule has 66 valence electrons. The normalized spacial score (nSPS) is 8.08. The van der Waals surface area contributed by atoms with Gasteiger partial charge in [-0.3, -0.25) is 6.58 Å². The van der Waals surface area contributed by atoms with E-state index in [9.17, 15) is 0 Å². The predicted octanol–water partition coefficient (Wildman–Crippen LogP) is -1.23. The Morgan fingerprint density at radius 2 is 1.85 bits per heavy atom. The van der Waals surface area contributed by atoms with Gasteiger partial charge >= 0.3 is 23.1 Å². The van der Waals surface area contributed by atoms with E-state index in [1.165, 1.54) is 0 Å². The Labute approximate surface area is 106 Å². The second-order valence-corrected chi connectivity index (χ2v) is 2.32. The van der Waals surface area contributed by atoms with E-state index < -0.39 is 0 Å². The monoisotopic (exact) mass is 250 g/mol. The van der Waals surface area contributed by atoms with Gasteiger partial charge < -0.3 is 21.7 Å². The van der Waals surface area contributed by atoms with E-state index in [4.69, 9.17) is 11.3 Å². The second kappa shape index (κ2) is 8.75. The van der Waals surface area contributed by atoms with Crippen molar-refractivity contribution in [1.29, 1.82) is 0 Å². The van der Waals surface area contributed by atoms with Crippen LogP contribution in [0.5, 0.6) is 0 Å². The van der Waals surface area contributed by atoms with Gasteiger partial charge in [-0.05, 0) is 0 Å². The molecule has 0 bridgehead atoms. The van der Waals surface area contributed by atoms with Crippen LogP contribution < -0.4 is 17.0 Å². The van der Waals surface area contributed by atoms with Gasteiger partial charge in [-0.25, -0.2) is 0 Å². The molecule has 0 atom stereocenters. The second-order valence-electron chi connectivity index (χ2n) is 2.32. The van der Waals surface area contributed by atoms with Crippen LogP contribution in [0.4, 0.5) is 0 Å². The summed E-state index contributed by atoms with van der Waals surface area (Å²) in [7, 11) is 1.63. The fourth-order valence-corrected chi connectivity index (χ4v) is 0.891. The van der Waals surface area contributed by atoms with E-state index in [2.05, 4.69) is 0 Å². The minimum Gasteiger partial charge on any atom is -1.00 e. The van der Waals surface area contributed by atoms with Crippen molar-refractivity contribution in [3.05, 3.63) is 42.5 Å². The minimum absolute atomic E-state index is 0. The largest absolute Gasteiger partial charge is 2.00 e. The summed E-state index contributed by atoms with van der Waals surface area (Å²) in [4.78, 5) is 0. The zero-order valence-electron chi connectivity index (χ0n) is 7.66. The Bertz CT molecular complexity index is 236. The average molecular weight is 251 g/mol. The fraction of sp³-hybridized carbons (Fsp3) is 0.200. The van der Waals surface area contributed by atoms with Gasteiger partial charge in [0.05, 0.1) is 0 Å². The molecule has 0 aliphatic rings. The molecule has 1 aromatic carbocycles. The van der Waals surface area contributed by atoms with Crippen molar-refractivity contribution < 1.29 is 21.7 Å². The molecule has 1 rings (SSSR count). The maximum atomic E-state index is 5.70. The summed E-state index contributed by atoms with van der Waals surface area (Å²) in [5.74, 6) is 0. The zero-order chi connectivity index (χ0) is 8.10. The Kier molecular flexibility index (Phi) is 10.5. The van der Waals surface area contributed by atoms with Crippen LogP contribution in [0.3, 0.4) is 0 Å². The third-order valence-electron chi connectivity index (χ3n) is 1.44. The first-order chi connectivity index (χ1) is 5.34. The summed E-state index contributed by atoms with van der Waals surface area (Å²) in [6.07, 6.45) is 0. The van der Waals surface area contributed by atoms with Gasteiger partial charge in [0, 0.05) is 13.7 Å². The maximum Gasteiger partial charge on any atom is 2.00 e. The van der Waals surface area contributed by atoms with Gasteiger partial charge in [-0.15, -0.1) is 12.1 Å². The molecular weight excluding hydrogens is 240 g/mol. The van der Waals surface area contributed by atoms with Crippen molar-refractivity contribution in [1.82, 2.24) is 0 Å². The molecule has 0 heterocycles. The number of methoxy groups -OCH3 is 1. The van der Waals surface area contributed by atoms with Gasteiger partial charge in [-0.2, -0.15) is 11.1 Å². The summed E-state index contributed by atoms with van der Waals surface area (Å²) in [6.45, 7) is 6.19. The molecular formula is C10H11BrMgO. The molecule has 0 aromatic heterocycles. The van der Waals surface area contributed by atoms with Crippen molar-refractivity contribution >= 4 is 28.6 Å². The fourth-order valence-electron chi connectivity index (χ4n) is 0.891. The standard InChI is InChI=1S/C10H11O.BrH.Mg/c1-9(8-11-2)10-6-4-3-5-7-10;;/h1,3-7H,8H2,2H3;1H;/q-1;;+2/p-1. The molecule has 0 aliphatic carbocycles. The van der Waals surface area contributed by atoms with Crippen LogP contribution in [-0.4, -0.2) is 36.8 Å². The van der Waals surface area contributed by atoms with Crippen molar-refractivity contribution in [3.63, 3.8) is 0 Å². The summed E-state index contributed by atoms with van der Waals surface area (Å²) >= 11 is 0. The van der Waals surface area contributed by atoms with Crippen LogP contribution in [-0.2, 0) is 4.74 Å². The van der Waals surface area contributed by atoms with Gasteiger partial charge in [0.25, 0.3) is 0 Å². The van der Waals surface area contributed by atoms with Crippen LogP contribution in [0.1, 0.15) is 5.56 Å². The van der Waals surface area contributed by atoms with Gasteiger partial charge in [0.2, 0.25) is 0 Å². The van der Waals surface area contributed by atoms with E-state index in [-0.39, 0.29) is 40.0 Å². The molecule has 0 fully saturated rings. The van der Waals surface area contributed by atoms with E-state index in [0.717, 1.165) is 11.1 Å². The summed E-state index contributed by atoms with van der Waals surface area (Å²) in [5, 5.41) is 0. The van der Waals surface area contributed by atoms with Gasteiger partial charge in [-0.1, -0.05) is 18.2 Å². The number of ether oxygens (including phenoxy) is 1. The predicted molar refractivity (Wildman–Crippen MR) is 51.8 cm³/mol. The molecule has 0 spiro atoms. The van der Waals surface area contributed by atoms with E-state index >= 15 is 0 Å². The van der Waals surface area contributed by atoms with Crippen molar-refractivity contribution in [2.24, 2.45) is 0 Å². The first-order valence-electron chi connectivity index (χ1n) is 3.50. The van der Waals surface area contributed by atoms with E-state index in [1.807, 2.05) is 30.3 Å². The van der Waals surface area contributed by atoms with Crippen molar-refractivity contribution in [2.45, 2.75) is 0 Å². The SMILES string of the molecule is [Br-].[CH-]=C(COC)c1ccccc1.[Mg+2]. The number of halogens is 1. The number of hydrogen-bond donors (Lipinski definition) is 0. The molecule has 0 saturated carbocycles. The van der Waals surface area contributed by atoms with Crippen molar-refractivity contribution in [3.8, 4) is 0 Å². The summed E-state index contributed by atoms with van der Waals surface area (Å²) in [6, 6.07) is 9.81. The van der Waals surface area contributed by atoms with E-state index in [1.54, 1.807) is 7.11 Å². The number of hydrogen-bond acceptors (Lipinski definition) is 1. The molecule has 0 amide bonds. The van der Waals surface area contributed by atoms with Crippen molar-refractivity contribution in [2.75, 3.05) is 13.7 Å². The van der Waals surface area contributed by atoms with Crippen LogP contribution in [0.25, 0.3) is 5.57 Å². The van der Waals surface area contributed by atoms with Crippen LogP contribution in [0, 0.1) is 6.58 Å². The molecule has 13 heavy (non-hydrogen) atoms. The Balaban J connectivity index is 0. The first-order valence-corrected chi connectivity index (χ1v) is 3.50. The van der Waals surface area contributed by atoms with Gasteiger partial charge in [0.15, 0.2) is 0 Å². The third-order valence-corrected chi connectivity index (χ3v) is 1.44. The third kappa shape index (κ3) is 5.47. The molecule has 1 aromatic rings. The molecule has 1 nitrogen and oxygen atoms in total. The van der Waals surface area contributed by atoms with E-state index in [0.29, 0.717) is 6.61 Å². The Morgan fingerprint density at radius 1 is 1.31 bits per heavy atom. The molecule has 0 radical (unpaired) electrons. The van der Waals surface area contributed by atoms with Crippen LogP contribution in [0.2, 0.25) is 0 Å². The Hall–Kier alpha value is 0.166. The van der Waals surface area contributed by atoms with Gasteiger partial charge in [0.1, 0.15) is 0 Å². The average Bonchev–Trinajstić information content (AvgIpc) is 2.07.